The van der Waals surface area contributed by atoms with Gasteiger partial charge in [-0.25, -0.2) is 0 Å². The minimum atomic E-state index is 0.521. The van der Waals surface area contributed by atoms with E-state index in [9.17, 15) is 0 Å². The summed E-state index contributed by atoms with van der Waals surface area (Å²) < 4.78 is 12.5. The molecule has 0 aliphatic rings. The highest BCUT2D eigenvalue weighted by molar-refractivity contribution is 9.10. The summed E-state index contributed by atoms with van der Waals surface area (Å²) >= 11 is 7.02. The number of ether oxygens (including phenoxy) is 2. The van der Waals surface area contributed by atoms with Crippen LogP contribution in [0.25, 0.3) is 0 Å². The maximum atomic E-state index is 5.92. The highest BCUT2D eigenvalue weighted by Gasteiger charge is 2.12. The van der Waals surface area contributed by atoms with Gasteiger partial charge in [0.25, 0.3) is 0 Å². The molecule has 20 heavy (non-hydrogen) atoms. The molecule has 0 aromatic heterocycles. The van der Waals surface area contributed by atoms with E-state index in [1.165, 1.54) is 0 Å². The van der Waals surface area contributed by atoms with Crippen molar-refractivity contribution < 1.29 is 9.47 Å². The lowest BCUT2D eigenvalue weighted by molar-refractivity contribution is 0.267. The van der Waals surface area contributed by atoms with Crippen molar-refractivity contribution in [1.29, 1.82) is 0 Å². The molecule has 0 bridgehead atoms. The second-order valence-corrected chi connectivity index (χ2v) is 5.66. The zero-order chi connectivity index (χ0) is 14.4. The van der Waals surface area contributed by atoms with Gasteiger partial charge in [0, 0.05) is 5.33 Å². The number of benzene rings is 2. The van der Waals surface area contributed by atoms with E-state index in [0.717, 1.165) is 32.4 Å². The molecular weight excluding hydrogens is 384 g/mol. The Bertz CT molecular complexity index is 556. The Morgan fingerprint density at radius 2 is 1.75 bits per heavy atom. The third kappa shape index (κ3) is 4.00. The van der Waals surface area contributed by atoms with Gasteiger partial charge in [0.15, 0.2) is 11.5 Å². The van der Waals surface area contributed by atoms with E-state index in [2.05, 4.69) is 31.9 Å². The predicted octanol–water partition coefficient (Wildman–Crippen LogP) is 5.32. The van der Waals surface area contributed by atoms with Gasteiger partial charge in [-0.1, -0.05) is 46.3 Å². The molecule has 2 aromatic rings. The summed E-state index contributed by atoms with van der Waals surface area (Å²) in [5.41, 5.74) is 2.28. The first kappa shape index (κ1) is 15.4. The molecular formula is C16H16Br2O2. The highest BCUT2D eigenvalue weighted by atomic mass is 79.9. The van der Waals surface area contributed by atoms with Gasteiger partial charge in [-0.3, -0.25) is 0 Å². The normalized spacial score (nSPS) is 10.3. The van der Waals surface area contributed by atoms with Crippen LogP contribution in [0.3, 0.4) is 0 Å². The summed E-state index contributed by atoms with van der Waals surface area (Å²) in [6.45, 7) is 3.10. The van der Waals surface area contributed by atoms with Crippen molar-refractivity contribution in [2.75, 3.05) is 6.61 Å². The average Bonchev–Trinajstić information content (AvgIpc) is 2.47. The molecule has 0 atom stereocenters. The van der Waals surface area contributed by atoms with Crippen LogP contribution >= 0.6 is 31.9 Å². The Morgan fingerprint density at radius 1 is 1.00 bits per heavy atom. The molecule has 0 spiro atoms. The van der Waals surface area contributed by atoms with Crippen LogP contribution in [0.2, 0.25) is 0 Å². The minimum Gasteiger partial charge on any atom is -0.490 e. The summed E-state index contributed by atoms with van der Waals surface area (Å²) in [6.07, 6.45) is 0. The first-order valence-electron chi connectivity index (χ1n) is 6.42. The zero-order valence-corrected chi connectivity index (χ0v) is 14.4. The lowest BCUT2D eigenvalue weighted by Gasteiger charge is -2.15. The number of halogens is 2. The van der Waals surface area contributed by atoms with Gasteiger partial charge in [-0.15, -0.1) is 0 Å². The van der Waals surface area contributed by atoms with E-state index in [1.54, 1.807) is 0 Å². The van der Waals surface area contributed by atoms with Crippen molar-refractivity contribution in [1.82, 2.24) is 0 Å². The first-order valence-corrected chi connectivity index (χ1v) is 8.34. The molecule has 0 saturated carbocycles. The van der Waals surface area contributed by atoms with Gasteiger partial charge in [-0.05, 0) is 46.1 Å². The van der Waals surface area contributed by atoms with E-state index in [4.69, 9.17) is 9.47 Å². The minimum absolute atomic E-state index is 0.521. The average molecular weight is 400 g/mol. The Hall–Kier alpha value is -1.00. The number of rotatable bonds is 6. The van der Waals surface area contributed by atoms with Crippen LogP contribution in [0.5, 0.6) is 11.5 Å². The van der Waals surface area contributed by atoms with Crippen molar-refractivity contribution in [2.45, 2.75) is 18.9 Å². The maximum absolute atomic E-state index is 5.92. The van der Waals surface area contributed by atoms with E-state index >= 15 is 0 Å². The van der Waals surface area contributed by atoms with Crippen molar-refractivity contribution in [2.24, 2.45) is 0 Å². The molecule has 0 unspecified atom stereocenters. The largest absolute Gasteiger partial charge is 0.490 e. The first-order chi connectivity index (χ1) is 9.74. The standard InChI is InChI=1S/C16H16Br2O2/c1-2-19-15-9-13(10-17)8-14(18)16(15)20-11-12-6-4-3-5-7-12/h3-9H,2,10-11H2,1H3. The second kappa shape index (κ2) is 7.70. The third-order valence-electron chi connectivity index (χ3n) is 2.75. The van der Waals surface area contributed by atoms with Crippen LogP contribution in [0.4, 0.5) is 0 Å². The maximum Gasteiger partial charge on any atom is 0.175 e. The molecule has 0 N–H and O–H groups in total. The Labute approximate surface area is 136 Å². The number of hydrogen-bond acceptors (Lipinski definition) is 2. The van der Waals surface area contributed by atoms with E-state index in [0.29, 0.717) is 13.2 Å². The second-order valence-electron chi connectivity index (χ2n) is 4.25. The fourth-order valence-electron chi connectivity index (χ4n) is 1.83. The van der Waals surface area contributed by atoms with Crippen molar-refractivity contribution in [3.8, 4) is 11.5 Å². The molecule has 0 heterocycles. The molecule has 4 heteroatoms. The van der Waals surface area contributed by atoms with Gasteiger partial charge in [0.2, 0.25) is 0 Å². The molecule has 0 fully saturated rings. The summed E-state index contributed by atoms with van der Waals surface area (Å²) in [5, 5.41) is 0.782. The SMILES string of the molecule is CCOc1cc(CBr)cc(Br)c1OCc1ccccc1. The molecule has 0 radical (unpaired) electrons. The van der Waals surface area contributed by atoms with Gasteiger partial charge in [0.1, 0.15) is 6.61 Å². The molecule has 0 aliphatic heterocycles. The highest BCUT2D eigenvalue weighted by Crippen LogP contribution is 2.37. The summed E-state index contributed by atoms with van der Waals surface area (Å²) in [4.78, 5) is 0. The summed E-state index contributed by atoms with van der Waals surface area (Å²) in [5.74, 6) is 1.52. The molecule has 0 saturated heterocycles. The molecule has 0 aliphatic carbocycles. The van der Waals surface area contributed by atoms with Gasteiger partial charge < -0.3 is 9.47 Å². The molecule has 2 aromatic carbocycles. The monoisotopic (exact) mass is 398 g/mol. The lowest BCUT2D eigenvalue weighted by atomic mass is 10.2. The van der Waals surface area contributed by atoms with E-state index in [1.807, 2.05) is 49.4 Å². The van der Waals surface area contributed by atoms with Crippen molar-refractivity contribution >= 4 is 31.9 Å². The third-order valence-corrected chi connectivity index (χ3v) is 3.99. The van der Waals surface area contributed by atoms with Gasteiger partial charge in [-0.2, -0.15) is 0 Å². The van der Waals surface area contributed by atoms with Gasteiger partial charge in [0.05, 0.1) is 11.1 Å². The lowest BCUT2D eigenvalue weighted by Crippen LogP contribution is -2.01. The predicted molar refractivity (Wildman–Crippen MR) is 88.7 cm³/mol. The van der Waals surface area contributed by atoms with Crippen LogP contribution in [-0.4, -0.2) is 6.61 Å². The smallest absolute Gasteiger partial charge is 0.175 e. The molecule has 106 valence electrons. The van der Waals surface area contributed by atoms with Crippen LogP contribution in [0, 0.1) is 0 Å². The van der Waals surface area contributed by atoms with Gasteiger partial charge >= 0.3 is 0 Å². The van der Waals surface area contributed by atoms with Crippen molar-refractivity contribution in [3.05, 3.63) is 58.1 Å². The molecule has 2 nitrogen and oxygen atoms in total. The molecule has 2 rings (SSSR count). The topological polar surface area (TPSA) is 18.5 Å². The van der Waals surface area contributed by atoms with E-state index < -0.39 is 0 Å². The van der Waals surface area contributed by atoms with E-state index in [-0.39, 0.29) is 0 Å². The fourth-order valence-corrected chi connectivity index (χ4v) is 2.76. The quantitative estimate of drug-likeness (QED) is 0.611. The van der Waals surface area contributed by atoms with Crippen LogP contribution in [0.1, 0.15) is 18.1 Å². The number of hydrogen-bond donors (Lipinski definition) is 0. The molecule has 0 amide bonds. The Morgan fingerprint density at radius 3 is 2.40 bits per heavy atom. The van der Waals surface area contributed by atoms with Crippen LogP contribution < -0.4 is 9.47 Å². The Kier molecular flexibility index (Phi) is 5.92. The fraction of sp³-hybridized carbons (Fsp3) is 0.250. The van der Waals surface area contributed by atoms with Crippen LogP contribution in [-0.2, 0) is 11.9 Å². The summed E-state index contributed by atoms with van der Waals surface area (Å²) in [6, 6.07) is 14.1. The number of alkyl halides is 1. The Balaban J connectivity index is 2.21. The van der Waals surface area contributed by atoms with Crippen LogP contribution in [0.15, 0.2) is 46.9 Å². The summed E-state index contributed by atoms with van der Waals surface area (Å²) in [7, 11) is 0. The van der Waals surface area contributed by atoms with Crippen molar-refractivity contribution in [3.63, 3.8) is 0 Å². The zero-order valence-electron chi connectivity index (χ0n) is 11.2.